The first kappa shape index (κ1) is 13.1. The number of hydrogen-bond donors (Lipinski definition) is 1. The van der Waals surface area contributed by atoms with Gasteiger partial charge in [-0.3, -0.25) is 4.79 Å². The highest BCUT2D eigenvalue weighted by molar-refractivity contribution is 5.95. The lowest BCUT2D eigenvalue weighted by atomic mass is 10.1. The van der Waals surface area contributed by atoms with E-state index in [0.29, 0.717) is 29.6 Å². The third kappa shape index (κ3) is 2.41. The number of aromatic nitrogens is 1. The van der Waals surface area contributed by atoms with Gasteiger partial charge >= 0.3 is 0 Å². The van der Waals surface area contributed by atoms with Crippen molar-refractivity contribution in [3.63, 3.8) is 0 Å². The molecule has 1 aliphatic heterocycles. The Hall–Kier alpha value is -1.86. The zero-order chi connectivity index (χ0) is 13.9. The van der Waals surface area contributed by atoms with Gasteiger partial charge in [0.1, 0.15) is 5.69 Å². The molecule has 2 unspecified atom stereocenters. The summed E-state index contributed by atoms with van der Waals surface area (Å²) in [6, 6.07) is 4.00. The number of hydrogen-bond acceptors (Lipinski definition) is 3. The average molecular weight is 270 g/mol. The van der Waals surface area contributed by atoms with Crippen LogP contribution in [-0.2, 0) is 0 Å². The number of likely N-dealkylation sites (tertiary alicyclic amines) is 1. The van der Waals surface area contributed by atoms with Crippen LogP contribution >= 0.6 is 0 Å². The summed E-state index contributed by atoms with van der Waals surface area (Å²) in [6.45, 7) is 0.899. The van der Waals surface area contributed by atoms with Gasteiger partial charge in [0.05, 0.1) is 12.2 Å². The predicted molar refractivity (Wildman–Crippen MR) is 75.0 cm³/mol. The number of rotatable bonds is 2. The summed E-state index contributed by atoms with van der Waals surface area (Å²) in [7, 11) is 0. The van der Waals surface area contributed by atoms with E-state index in [1.807, 2.05) is 11.0 Å². The van der Waals surface area contributed by atoms with E-state index in [-0.39, 0.29) is 12.5 Å². The van der Waals surface area contributed by atoms with Crippen LogP contribution in [0.1, 0.15) is 41.7 Å². The molecule has 1 amide bonds. The number of amides is 1. The average Bonchev–Trinajstić information content (AvgIpc) is 3.10. The highest BCUT2D eigenvalue weighted by atomic mass is 16.2. The largest absolute Gasteiger partial charge is 0.395 e. The highest BCUT2D eigenvalue weighted by Gasteiger charge is 2.41. The third-order valence-corrected chi connectivity index (χ3v) is 4.14. The smallest absolute Gasteiger partial charge is 0.274 e. The monoisotopic (exact) mass is 270 g/mol. The van der Waals surface area contributed by atoms with E-state index in [4.69, 9.17) is 5.11 Å². The van der Waals surface area contributed by atoms with Crippen LogP contribution in [0.25, 0.3) is 0 Å². The molecule has 0 spiro atoms. The van der Waals surface area contributed by atoms with Crippen molar-refractivity contribution < 1.29 is 9.90 Å². The van der Waals surface area contributed by atoms with E-state index in [2.05, 4.69) is 16.8 Å². The number of carbonyl (C=O) groups excluding carboxylic acids is 1. The van der Waals surface area contributed by atoms with E-state index in [0.717, 1.165) is 19.4 Å². The molecule has 4 nitrogen and oxygen atoms in total. The van der Waals surface area contributed by atoms with E-state index < -0.39 is 0 Å². The Balaban J connectivity index is 1.83. The standard InChI is InChI=1S/C16H18N2O2/c19-9-2-1-4-13-5-3-8-17-15(13)16(20)18-11-12-6-7-14(18)10-12/h3,5,8,12,14,19H,2,6-7,9-11H2. The molecule has 1 N–H and O–H groups in total. The number of pyridine rings is 1. The molecule has 1 aliphatic carbocycles. The maximum atomic E-state index is 12.6. The Morgan fingerprint density at radius 2 is 2.40 bits per heavy atom. The molecule has 2 aliphatic rings. The number of aliphatic hydroxyl groups excluding tert-OH is 1. The van der Waals surface area contributed by atoms with Crippen LogP contribution in [-0.4, -0.2) is 40.1 Å². The molecule has 104 valence electrons. The molecular weight excluding hydrogens is 252 g/mol. The molecule has 1 aromatic heterocycles. The lowest BCUT2D eigenvalue weighted by molar-refractivity contribution is 0.0697. The fourth-order valence-electron chi connectivity index (χ4n) is 3.20. The summed E-state index contributed by atoms with van der Waals surface area (Å²) in [4.78, 5) is 18.8. The van der Waals surface area contributed by atoms with Crippen molar-refractivity contribution in [2.24, 2.45) is 5.92 Å². The van der Waals surface area contributed by atoms with Gasteiger partial charge < -0.3 is 10.0 Å². The van der Waals surface area contributed by atoms with Gasteiger partial charge in [0.15, 0.2) is 0 Å². The third-order valence-electron chi connectivity index (χ3n) is 4.14. The predicted octanol–water partition coefficient (Wildman–Crippen LogP) is 1.44. The number of fused-ring (bicyclic) bond motifs is 2. The molecule has 1 saturated carbocycles. The highest BCUT2D eigenvalue weighted by Crippen LogP contribution is 2.38. The van der Waals surface area contributed by atoms with E-state index in [1.54, 1.807) is 12.3 Å². The van der Waals surface area contributed by atoms with Crippen molar-refractivity contribution in [1.82, 2.24) is 9.88 Å². The summed E-state index contributed by atoms with van der Waals surface area (Å²) in [5, 5.41) is 8.77. The van der Waals surface area contributed by atoms with Gasteiger partial charge in [-0.05, 0) is 37.3 Å². The van der Waals surface area contributed by atoms with Crippen molar-refractivity contribution >= 4 is 5.91 Å². The SMILES string of the molecule is O=C(c1ncccc1C#CCCO)N1CC2CCC1C2. The van der Waals surface area contributed by atoms with Crippen molar-refractivity contribution in [3.05, 3.63) is 29.6 Å². The first-order chi connectivity index (χ1) is 9.79. The van der Waals surface area contributed by atoms with Gasteiger partial charge in [-0.15, -0.1) is 0 Å². The Labute approximate surface area is 118 Å². The van der Waals surface area contributed by atoms with Gasteiger partial charge in [0.2, 0.25) is 0 Å². The van der Waals surface area contributed by atoms with Gasteiger partial charge in [-0.2, -0.15) is 0 Å². The summed E-state index contributed by atoms with van der Waals surface area (Å²) in [5.41, 5.74) is 1.11. The van der Waals surface area contributed by atoms with Crippen LogP contribution in [0.2, 0.25) is 0 Å². The Morgan fingerprint density at radius 3 is 3.10 bits per heavy atom. The summed E-state index contributed by atoms with van der Waals surface area (Å²) in [5.74, 6) is 6.49. The second-order valence-corrected chi connectivity index (χ2v) is 5.47. The molecule has 2 atom stereocenters. The van der Waals surface area contributed by atoms with Gasteiger partial charge in [0, 0.05) is 25.2 Å². The van der Waals surface area contributed by atoms with Gasteiger partial charge in [-0.25, -0.2) is 4.98 Å². The van der Waals surface area contributed by atoms with Gasteiger partial charge in [0.25, 0.3) is 5.91 Å². The zero-order valence-corrected chi connectivity index (χ0v) is 11.4. The second kappa shape index (κ2) is 5.64. The fraction of sp³-hybridized carbons (Fsp3) is 0.500. The molecule has 2 heterocycles. The normalized spacial score (nSPS) is 23.6. The Bertz CT molecular complexity index is 573. The van der Waals surface area contributed by atoms with Crippen molar-refractivity contribution in [2.75, 3.05) is 13.2 Å². The number of nitrogens with zero attached hydrogens (tertiary/aromatic N) is 2. The van der Waals surface area contributed by atoms with Crippen LogP contribution in [0.4, 0.5) is 0 Å². The van der Waals surface area contributed by atoms with Crippen molar-refractivity contribution in [1.29, 1.82) is 0 Å². The van der Waals surface area contributed by atoms with E-state index in [9.17, 15) is 4.79 Å². The van der Waals surface area contributed by atoms with Crippen molar-refractivity contribution in [2.45, 2.75) is 31.7 Å². The lowest BCUT2D eigenvalue weighted by Crippen LogP contribution is -2.38. The molecule has 4 heteroatoms. The molecule has 2 bridgehead atoms. The lowest BCUT2D eigenvalue weighted by Gasteiger charge is -2.26. The Kier molecular flexibility index (Phi) is 3.70. The molecule has 2 fully saturated rings. The molecule has 1 aromatic rings. The summed E-state index contributed by atoms with van der Waals surface area (Å²) in [6.07, 6.45) is 5.56. The van der Waals surface area contributed by atoms with Crippen LogP contribution in [0.5, 0.6) is 0 Å². The first-order valence-corrected chi connectivity index (χ1v) is 7.15. The molecule has 20 heavy (non-hydrogen) atoms. The molecule has 0 aromatic carbocycles. The molecule has 3 rings (SSSR count). The van der Waals surface area contributed by atoms with Crippen LogP contribution < -0.4 is 0 Å². The first-order valence-electron chi connectivity index (χ1n) is 7.15. The minimum atomic E-state index is 0.00565. The minimum Gasteiger partial charge on any atom is -0.395 e. The van der Waals surface area contributed by atoms with E-state index >= 15 is 0 Å². The number of carbonyl (C=O) groups is 1. The zero-order valence-electron chi connectivity index (χ0n) is 11.4. The molecule has 0 radical (unpaired) electrons. The number of aliphatic hydroxyl groups is 1. The fourth-order valence-corrected chi connectivity index (χ4v) is 3.20. The maximum Gasteiger partial charge on any atom is 0.274 e. The van der Waals surface area contributed by atoms with Crippen LogP contribution in [0.3, 0.4) is 0 Å². The number of piperidine rings is 1. The second-order valence-electron chi connectivity index (χ2n) is 5.47. The van der Waals surface area contributed by atoms with Gasteiger partial charge in [-0.1, -0.05) is 11.8 Å². The maximum absolute atomic E-state index is 12.6. The minimum absolute atomic E-state index is 0.00565. The van der Waals surface area contributed by atoms with E-state index in [1.165, 1.54) is 6.42 Å². The quantitative estimate of drug-likeness (QED) is 0.827. The Morgan fingerprint density at radius 1 is 1.50 bits per heavy atom. The molecular formula is C16H18N2O2. The molecule has 1 saturated heterocycles. The topological polar surface area (TPSA) is 53.4 Å². The van der Waals surface area contributed by atoms with Crippen LogP contribution in [0.15, 0.2) is 18.3 Å². The van der Waals surface area contributed by atoms with Crippen LogP contribution in [0, 0.1) is 17.8 Å². The summed E-state index contributed by atoms with van der Waals surface area (Å²) < 4.78 is 0. The van der Waals surface area contributed by atoms with Crippen molar-refractivity contribution in [3.8, 4) is 11.8 Å². The summed E-state index contributed by atoms with van der Waals surface area (Å²) >= 11 is 0.